The van der Waals surface area contributed by atoms with Crippen molar-refractivity contribution >= 4 is 5.97 Å². The molecule has 0 aromatic rings. The highest BCUT2D eigenvalue weighted by Gasteiger charge is 2.42. The van der Waals surface area contributed by atoms with E-state index in [0.29, 0.717) is 18.9 Å². The normalized spacial score (nSPS) is 26.9. The number of likely N-dealkylation sites (tertiary alicyclic amines) is 1. The molecular weight excluding hydrogens is 192 g/mol. The van der Waals surface area contributed by atoms with Crippen LogP contribution in [0.2, 0.25) is 0 Å². The molecule has 2 unspecified atom stereocenters. The summed E-state index contributed by atoms with van der Waals surface area (Å²) in [6, 6.07) is 0.135. The minimum absolute atomic E-state index is 0.135. The van der Waals surface area contributed by atoms with Crippen LogP contribution in [0.25, 0.3) is 0 Å². The highest BCUT2D eigenvalue weighted by atomic mass is 16.4. The first-order valence-electron chi connectivity index (χ1n) is 5.60. The lowest BCUT2D eigenvalue weighted by Crippen LogP contribution is -2.52. The van der Waals surface area contributed by atoms with Gasteiger partial charge in [-0.25, -0.2) is 0 Å². The number of hydrogen-bond acceptors (Lipinski definition) is 3. The van der Waals surface area contributed by atoms with Gasteiger partial charge in [-0.1, -0.05) is 13.8 Å². The van der Waals surface area contributed by atoms with Gasteiger partial charge in [0.2, 0.25) is 0 Å². The van der Waals surface area contributed by atoms with Crippen LogP contribution in [-0.2, 0) is 4.79 Å². The Kier molecular flexibility index (Phi) is 3.73. The van der Waals surface area contributed by atoms with Gasteiger partial charge in [0.1, 0.15) is 5.54 Å². The molecule has 4 nitrogen and oxygen atoms in total. The lowest BCUT2D eigenvalue weighted by molar-refractivity contribution is -0.151. The van der Waals surface area contributed by atoms with Gasteiger partial charge in [0.25, 0.3) is 0 Å². The van der Waals surface area contributed by atoms with Crippen LogP contribution in [0.5, 0.6) is 0 Å². The van der Waals surface area contributed by atoms with Gasteiger partial charge >= 0.3 is 5.97 Å². The summed E-state index contributed by atoms with van der Waals surface area (Å²) in [4.78, 5) is 13.4. The first-order chi connectivity index (χ1) is 6.86. The zero-order chi connectivity index (χ0) is 11.6. The molecule has 0 spiro atoms. The maximum Gasteiger partial charge on any atom is 0.323 e. The third-order valence-electron chi connectivity index (χ3n) is 3.19. The fourth-order valence-electron chi connectivity index (χ4n) is 2.38. The minimum Gasteiger partial charge on any atom is -0.480 e. The van der Waals surface area contributed by atoms with Gasteiger partial charge in [0.15, 0.2) is 0 Å². The van der Waals surface area contributed by atoms with Gasteiger partial charge < -0.3 is 10.8 Å². The lowest BCUT2D eigenvalue weighted by Gasteiger charge is -2.36. The molecule has 3 N–H and O–H groups in total. The topological polar surface area (TPSA) is 66.6 Å². The second-order valence-electron chi connectivity index (χ2n) is 5.17. The van der Waals surface area contributed by atoms with E-state index in [1.807, 2.05) is 11.8 Å². The van der Waals surface area contributed by atoms with Gasteiger partial charge in [-0.3, -0.25) is 9.69 Å². The van der Waals surface area contributed by atoms with Gasteiger partial charge in [0.05, 0.1) is 0 Å². The highest BCUT2D eigenvalue weighted by molar-refractivity contribution is 5.78. The van der Waals surface area contributed by atoms with Crippen LogP contribution in [0.4, 0.5) is 0 Å². The molecule has 1 aliphatic heterocycles. The Morgan fingerprint density at radius 3 is 2.60 bits per heavy atom. The van der Waals surface area contributed by atoms with Crippen LogP contribution in [-0.4, -0.2) is 40.6 Å². The molecule has 0 radical (unpaired) electrons. The smallest absolute Gasteiger partial charge is 0.323 e. The van der Waals surface area contributed by atoms with Crippen LogP contribution in [0, 0.1) is 5.92 Å². The number of hydrogen-bond donors (Lipinski definition) is 2. The Morgan fingerprint density at radius 2 is 2.27 bits per heavy atom. The summed E-state index contributed by atoms with van der Waals surface area (Å²) in [5.41, 5.74) is 5.07. The van der Waals surface area contributed by atoms with Crippen molar-refractivity contribution < 1.29 is 9.90 Å². The van der Waals surface area contributed by atoms with Crippen molar-refractivity contribution in [2.45, 2.75) is 45.2 Å². The van der Waals surface area contributed by atoms with Crippen LogP contribution < -0.4 is 5.73 Å². The van der Waals surface area contributed by atoms with Crippen LogP contribution in [0.3, 0.4) is 0 Å². The average Bonchev–Trinajstić information content (AvgIpc) is 2.50. The Balaban J connectivity index is 2.76. The van der Waals surface area contributed by atoms with Crippen molar-refractivity contribution in [3.8, 4) is 0 Å². The quantitative estimate of drug-likeness (QED) is 0.730. The summed E-state index contributed by atoms with van der Waals surface area (Å²) in [5.74, 6) is -0.353. The Hall–Kier alpha value is -0.610. The zero-order valence-electron chi connectivity index (χ0n) is 9.86. The average molecular weight is 214 g/mol. The maximum atomic E-state index is 11.4. The first-order valence-corrected chi connectivity index (χ1v) is 5.60. The molecule has 0 aromatic heterocycles. The summed E-state index contributed by atoms with van der Waals surface area (Å²) in [7, 11) is 0. The van der Waals surface area contributed by atoms with E-state index in [1.54, 1.807) is 0 Å². The molecule has 4 heteroatoms. The highest BCUT2D eigenvalue weighted by Crippen LogP contribution is 2.27. The second-order valence-corrected chi connectivity index (χ2v) is 5.17. The molecule has 0 aromatic carbocycles. The number of carbonyl (C=O) groups is 1. The molecule has 0 saturated carbocycles. The molecule has 2 atom stereocenters. The van der Waals surface area contributed by atoms with E-state index in [9.17, 15) is 9.90 Å². The van der Waals surface area contributed by atoms with Gasteiger partial charge in [-0.2, -0.15) is 0 Å². The van der Waals surface area contributed by atoms with Crippen molar-refractivity contribution in [1.82, 2.24) is 4.90 Å². The van der Waals surface area contributed by atoms with Crippen molar-refractivity contribution in [2.24, 2.45) is 11.7 Å². The predicted molar refractivity (Wildman–Crippen MR) is 59.7 cm³/mol. The van der Waals surface area contributed by atoms with Crippen molar-refractivity contribution in [1.29, 1.82) is 0 Å². The van der Waals surface area contributed by atoms with E-state index in [4.69, 9.17) is 5.73 Å². The fourth-order valence-corrected chi connectivity index (χ4v) is 2.38. The molecule has 0 bridgehead atoms. The largest absolute Gasteiger partial charge is 0.480 e. The third kappa shape index (κ3) is 2.69. The number of carboxylic acids is 1. The molecule has 0 amide bonds. The number of rotatable bonds is 4. The van der Waals surface area contributed by atoms with Crippen molar-refractivity contribution in [2.75, 3.05) is 13.1 Å². The van der Waals surface area contributed by atoms with Crippen LogP contribution in [0.15, 0.2) is 0 Å². The number of aliphatic carboxylic acids is 1. The maximum absolute atomic E-state index is 11.4. The number of nitrogens with two attached hydrogens (primary N) is 1. The zero-order valence-corrected chi connectivity index (χ0v) is 9.86. The summed E-state index contributed by atoms with van der Waals surface area (Å²) in [6.07, 6.45) is 1.58. The summed E-state index contributed by atoms with van der Waals surface area (Å²) >= 11 is 0. The first kappa shape index (κ1) is 12.5. The Morgan fingerprint density at radius 1 is 1.67 bits per heavy atom. The number of carboxylic acid groups (broad SMARTS) is 1. The lowest BCUT2D eigenvalue weighted by atomic mass is 9.89. The molecule has 1 aliphatic rings. The molecular formula is C11H22N2O2. The van der Waals surface area contributed by atoms with Crippen LogP contribution >= 0.6 is 0 Å². The molecule has 1 heterocycles. The molecule has 0 aliphatic carbocycles. The molecule has 1 rings (SSSR count). The van der Waals surface area contributed by atoms with E-state index < -0.39 is 11.5 Å². The van der Waals surface area contributed by atoms with Crippen molar-refractivity contribution in [3.05, 3.63) is 0 Å². The molecule has 88 valence electrons. The van der Waals surface area contributed by atoms with Crippen molar-refractivity contribution in [3.63, 3.8) is 0 Å². The van der Waals surface area contributed by atoms with Gasteiger partial charge in [0, 0.05) is 19.1 Å². The monoisotopic (exact) mass is 214 g/mol. The minimum atomic E-state index is -0.748. The van der Waals surface area contributed by atoms with Crippen LogP contribution in [0.1, 0.15) is 33.6 Å². The van der Waals surface area contributed by atoms with E-state index in [2.05, 4.69) is 13.8 Å². The molecule has 1 saturated heterocycles. The Bertz CT molecular complexity index is 243. The van der Waals surface area contributed by atoms with E-state index in [1.165, 1.54) is 0 Å². The standard InChI is InChI=1S/C11H22N2O2/c1-8(2)6-11(3,10(14)15)13-5-4-9(12)7-13/h8-9H,4-7,12H2,1-3H3,(H,14,15). The summed E-state index contributed by atoms with van der Waals surface area (Å²) in [6.45, 7) is 7.42. The van der Waals surface area contributed by atoms with E-state index in [-0.39, 0.29) is 6.04 Å². The molecule has 15 heavy (non-hydrogen) atoms. The Labute approximate surface area is 91.4 Å². The SMILES string of the molecule is CC(C)CC(C)(C(=O)O)N1CCC(N)C1. The van der Waals surface area contributed by atoms with E-state index >= 15 is 0 Å². The van der Waals surface area contributed by atoms with Gasteiger partial charge in [-0.15, -0.1) is 0 Å². The van der Waals surface area contributed by atoms with E-state index in [0.717, 1.165) is 13.0 Å². The third-order valence-corrected chi connectivity index (χ3v) is 3.19. The fraction of sp³-hybridized carbons (Fsp3) is 0.909. The second kappa shape index (κ2) is 4.49. The predicted octanol–water partition coefficient (Wildman–Crippen LogP) is 0.909. The summed E-state index contributed by atoms with van der Waals surface area (Å²) in [5, 5.41) is 9.35. The van der Waals surface area contributed by atoms with Gasteiger partial charge in [-0.05, 0) is 25.7 Å². The number of nitrogens with zero attached hydrogens (tertiary/aromatic N) is 1. The molecule has 1 fully saturated rings. The summed E-state index contributed by atoms with van der Waals surface area (Å²) < 4.78 is 0.